The number of benzene rings is 2. The number of hydrogen-bond donors (Lipinski definition) is 0. The second-order valence-corrected chi connectivity index (χ2v) is 6.31. The monoisotopic (exact) mass is 330 g/mol. The number of imidazole rings is 2. The van der Waals surface area contributed by atoms with E-state index in [2.05, 4.69) is 116 Å². The summed E-state index contributed by atoms with van der Waals surface area (Å²) in [5.41, 5.74) is 2.62. The fraction of sp³-hybridized carbons (Fsp3) is 0.143. The molecule has 2 aromatic heterocycles. The van der Waals surface area contributed by atoms with Crippen LogP contribution in [0.5, 0.6) is 0 Å². The van der Waals surface area contributed by atoms with Crippen molar-refractivity contribution in [1.29, 1.82) is 0 Å². The Balaban J connectivity index is 1.39. The Morgan fingerprint density at radius 2 is 1.04 bits per heavy atom. The molecule has 2 aromatic carbocycles. The highest BCUT2D eigenvalue weighted by Gasteiger charge is 2.09. The van der Waals surface area contributed by atoms with Gasteiger partial charge in [-0.2, -0.15) is 9.13 Å². The average Bonchev–Trinajstić information content (AvgIpc) is 3.27. The largest absolute Gasteiger partial charge is 0.247 e. The third kappa shape index (κ3) is 4.04. The van der Waals surface area contributed by atoms with Gasteiger partial charge in [0.2, 0.25) is 19.3 Å². The first kappa shape index (κ1) is 15.4. The average molecular weight is 330 g/mol. The van der Waals surface area contributed by atoms with Crippen LogP contribution in [-0.2, 0) is 19.8 Å². The second-order valence-electron chi connectivity index (χ2n) is 6.31. The van der Waals surface area contributed by atoms with E-state index >= 15 is 0 Å². The fourth-order valence-electron chi connectivity index (χ4n) is 3.01. The van der Waals surface area contributed by atoms with Gasteiger partial charge < -0.3 is 0 Å². The molecular formula is C21H22N4+2. The van der Waals surface area contributed by atoms with Gasteiger partial charge in [0.1, 0.15) is 37.9 Å². The summed E-state index contributed by atoms with van der Waals surface area (Å²) in [5.74, 6) is 0. The summed E-state index contributed by atoms with van der Waals surface area (Å²) in [6.45, 7) is 2.60. The van der Waals surface area contributed by atoms with E-state index in [-0.39, 0.29) is 0 Å². The smallest absolute Gasteiger partial charge is 0.233 e. The Labute approximate surface area is 147 Å². The Hall–Kier alpha value is -3.14. The zero-order chi connectivity index (χ0) is 16.9. The van der Waals surface area contributed by atoms with Gasteiger partial charge in [-0.1, -0.05) is 60.7 Å². The molecule has 25 heavy (non-hydrogen) atoms. The summed E-state index contributed by atoms with van der Waals surface area (Å²) < 4.78 is 8.79. The Morgan fingerprint density at radius 3 is 1.48 bits per heavy atom. The van der Waals surface area contributed by atoms with Gasteiger partial charge in [0.25, 0.3) is 0 Å². The molecule has 0 aliphatic heterocycles. The van der Waals surface area contributed by atoms with Crippen molar-refractivity contribution in [2.45, 2.75) is 19.8 Å². The van der Waals surface area contributed by atoms with Gasteiger partial charge in [-0.15, -0.1) is 0 Å². The van der Waals surface area contributed by atoms with Gasteiger partial charge in [-0.3, -0.25) is 0 Å². The molecule has 2 heterocycles. The van der Waals surface area contributed by atoms with E-state index in [1.165, 1.54) is 11.1 Å². The van der Waals surface area contributed by atoms with Crippen molar-refractivity contribution in [2.75, 3.05) is 0 Å². The molecule has 4 heteroatoms. The first-order valence-corrected chi connectivity index (χ1v) is 8.53. The molecule has 4 nitrogen and oxygen atoms in total. The molecule has 4 rings (SSSR count). The summed E-state index contributed by atoms with van der Waals surface area (Å²) in [6, 6.07) is 21.1. The van der Waals surface area contributed by atoms with Crippen LogP contribution in [0.2, 0.25) is 0 Å². The van der Waals surface area contributed by atoms with Crippen molar-refractivity contribution in [2.24, 2.45) is 0 Å². The molecule has 0 fully saturated rings. The van der Waals surface area contributed by atoms with Crippen LogP contribution in [0.25, 0.3) is 0 Å². The highest BCUT2D eigenvalue weighted by molar-refractivity contribution is 5.15. The van der Waals surface area contributed by atoms with Crippen molar-refractivity contribution in [3.63, 3.8) is 0 Å². The van der Waals surface area contributed by atoms with Crippen LogP contribution in [0.15, 0.2) is 98.1 Å². The van der Waals surface area contributed by atoms with Crippen LogP contribution in [-0.4, -0.2) is 9.13 Å². The van der Waals surface area contributed by atoms with Crippen molar-refractivity contribution >= 4 is 0 Å². The molecule has 0 aliphatic rings. The Bertz CT molecular complexity index is 845. The summed E-state index contributed by atoms with van der Waals surface area (Å²) in [5, 5.41) is 0. The molecule has 0 amide bonds. The first-order chi connectivity index (χ1) is 12.3. The summed E-state index contributed by atoms with van der Waals surface area (Å²) in [6.07, 6.45) is 12.8. The van der Waals surface area contributed by atoms with Gasteiger partial charge in [-0.05, 0) is 11.1 Å². The zero-order valence-electron chi connectivity index (χ0n) is 14.1. The van der Waals surface area contributed by atoms with E-state index in [1.807, 2.05) is 0 Å². The molecule has 0 saturated carbocycles. The molecule has 0 bridgehead atoms. The molecule has 0 atom stereocenters. The zero-order valence-corrected chi connectivity index (χ0v) is 14.1. The fourth-order valence-corrected chi connectivity index (χ4v) is 3.01. The van der Waals surface area contributed by atoms with Crippen molar-refractivity contribution in [3.05, 3.63) is 109 Å². The summed E-state index contributed by atoms with van der Waals surface area (Å²) in [4.78, 5) is 0. The van der Waals surface area contributed by atoms with Crippen LogP contribution >= 0.6 is 0 Å². The lowest BCUT2D eigenvalue weighted by molar-refractivity contribution is -0.912. The third-order valence-electron chi connectivity index (χ3n) is 4.24. The summed E-state index contributed by atoms with van der Waals surface area (Å²) >= 11 is 0. The molecule has 0 unspecified atom stereocenters. The highest BCUT2D eigenvalue weighted by Crippen LogP contribution is 2.02. The first-order valence-electron chi connectivity index (χ1n) is 8.53. The summed E-state index contributed by atoms with van der Waals surface area (Å²) in [7, 11) is 0. The van der Waals surface area contributed by atoms with Gasteiger partial charge in [0.05, 0.1) is 0 Å². The van der Waals surface area contributed by atoms with Gasteiger partial charge in [0.15, 0.2) is 0 Å². The number of aromatic nitrogens is 4. The van der Waals surface area contributed by atoms with E-state index in [0.717, 1.165) is 19.8 Å². The lowest BCUT2D eigenvalue weighted by Gasteiger charge is -1.97. The van der Waals surface area contributed by atoms with Crippen molar-refractivity contribution in [3.8, 4) is 0 Å². The van der Waals surface area contributed by atoms with E-state index in [1.54, 1.807) is 0 Å². The minimum Gasteiger partial charge on any atom is -0.233 e. The molecular weight excluding hydrogens is 308 g/mol. The highest BCUT2D eigenvalue weighted by atomic mass is 15.2. The van der Waals surface area contributed by atoms with Crippen molar-refractivity contribution in [1.82, 2.24) is 9.13 Å². The maximum absolute atomic E-state index is 2.21. The SMILES string of the molecule is c1ccc(Cn2cc[n+](C[n+]3ccn(Cc4ccccc4)c3)c2)cc1. The lowest BCUT2D eigenvalue weighted by Crippen LogP contribution is -2.49. The van der Waals surface area contributed by atoms with Crippen LogP contribution in [0, 0.1) is 0 Å². The van der Waals surface area contributed by atoms with Crippen LogP contribution in [0.4, 0.5) is 0 Å². The third-order valence-corrected chi connectivity index (χ3v) is 4.24. The number of hydrogen-bond acceptors (Lipinski definition) is 0. The lowest BCUT2D eigenvalue weighted by atomic mass is 10.2. The molecule has 4 aromatic rings. The molecule has 0 radical (unpaired) electrons. The molecule has 0 spiro atoms. The van der Waals surface area contributed by atoms with E-state index in [0.29, 0.717) is 0 Å². The normalized spacial score (nSPS) is 10.9. The quantitative estimate of drug-likeness (QED) is 0.483. The number of nitrogens with zero attached hydrogens (tertiary/aromatic N) is 4. The minimum absolute atomic E-state index is 0.809. The maximum atomic E-state index is 2.21. The molecule has 0 saturated heterocycles. The van der Waals surface area contributed by atoms with E-state index in [4.69, 9.17) is 0 Å². The Morgan fingerprint density at radius 1 is 0.600 bits per heavy atom. The standard InChI is InChI=1S/C21H22N4/c1-3-7-20(8-4-1)15-22-11-13-24(17-22)19-25-14-12-23(18-25)16-21-9-5-2-6-10-21/h1-14,17-18H,15-16,19H2/q+2. The predicted molar refractivity (Wildman–Crippen MR) is 95.7 cm³/mol. The van der Waals surface area contributed by atoms with Crippen LogP contribution in [0.1, 0.15) is 11.1 Å². The Kier molecular flexibility index (Phi) is 4.42. The van der Waals surface area contributed by atoms with Gasteiger partial charge in [0, 0.05) is 0 Å². The molecule has 124 valence electrons. The minimum atomic E-state index is 0.809. The van der Waals surface area contributed by atoms with Crippen molar-refractivity contribution < 1.29 is 9.13 Å². The van der Waals surface area contributed by atoms with E-state index < -0.39 is 0 Å². The van der Waals surface area contributed by atoms with E-state index in [9.17, 15) is 0 Å². The number of rotatable bonds is 6. The predicted octanol–water partition coefficient (Wildman–Crippen LogP) is 2.47. The molecule has 0 aliphatic carbocycles. The maximum Gasteiger partial charge on any atom is 0.247 e. The molecule has 0 N–H and O–H groups in total. The van der Waals surface area contributed by atoms with Gasteiger partial charge in [-0.25, -0.2) is 9.13 Å². The van der Waals surface area contributed by atoms with Crippen LogP contribution in [0.3, 0.4) is 0 Å². The topological polar surface area (TPSA) is 17.6 Å². The van der Waals surface area contributed by atoms with Gasteiger partial charge >= 0.3 is 0 Å². The second kappa shape index (κ2) is 7.18. The van der Waals surface area contributed by atoms with Crippen LogP contribution < -0.4 is 9.13 Å².